The van der Waals surface area contributed by atoms with Crippen molar-refractivity contribution >= 4 is 33.2 Å². The largest absolute Gasteiger partial charge is 0.399 e. The van der Waals surface area contributed by atoms with Gasteiger partial charge in [-0.05, 0) is 42.0 Å². The van der Waals surface area contributed by atoms with Gasteiger partial charge < -0.3 is 11.5 Å². The smallest absolute Gasteiger partial charge is 0.0717 e. The van der Waals surface area contributed by atoms with Gasteiger partial charge in [0, 0.05) is 27.7 Å². The van der Waals surface area contributed by atoms with E-state index in [-0.39, 0.29) is 0 Å². The number of hydrogen-bond donors (Lipinski definition) is 2. The number of hydrogen-bond acceptors (Lipinski definition) is 3. The lowest BCUT2D eigenvalue weighted by Crippen LogP contribution is -1.93. The lowest BCUT2D eigenvalue weighted by atomic mass is 9.95. The molecule has 0 saturated carbocycles. The van der Waals surface area contributed by atoms with Crippen molar-refractivity contribution in [1.82, 2.24) is 4.98 Å². The molecule has 0 radical (unpaired) electrons. The fourth-order valence-corrected chi connectivity index (χ4v) is 2.89. The van der Waals surface area contributed by atoms with E-state index in [1.54, 1.807) is 0 Å². The van der Waals surface area contributed by atoms with E-state index in [2.05, 4.69) is 12.1 Å². The van der Waals surface area contributed by atoms with Crippen LogP contribution < -0.4 is 11.5 Å². The van der Waals surface area contributed by atoms with E-state index in [1.165, 1.54) is 0 Å². The van der Waals surface area contributed by atoms with Gasteiger partial charge in [0.1, 0.15) is 0 Å². The van der Waals surface area contributed by atoms with Crippen LogP contribution in [0.1, 0.15) is 0 Å². The lowest BCUT2D eigenvalue weighted by molar-refractivity contribution is 1.49. The van der Waals surface area contributed by atoms with Crippen LogP contribution in [-0.4, -0.2) is 4.98 Å². The molecule has 0 aliphatic heterocycles. The summed E-state index contributed by atoms with van der Waals surface area (Å²) < 4.78 is 0. The Morgan fingerprint density at radius 1 is 0.636 bits per heavy atom. The number of rotatable bonds is 1. The number of fused-ring (bicyclic) bond motifs is 2. The summed E-state index contributed by atoms with van der Waals surface area (Å²) in [6.45, 7) is 0. The van der Waals surface area contributed by atoms with Crippen LogP contribution in [0.3, 0.4) is 0 Å². The molecule has 4 aromatic rings. The van der Waals surface area contributed by atoms with E-state index < -0.39 is 0 Å². The summed E-state index contributed by atoms with van der Waals surface area (Å²) in [4.78, 5) is 4.73. The molecule has 0 fully saturated rings. The van der Waals surface area contributed by atoms with E-state index in [1.807, 2.05) is 54.6 Å². The van der Waals surface area contributed by atoms with Gasteiger partial charge in [0.05, 0.1) is 11.0 Å². The molecular formula is C19H15N3. The van der Waals surface area contributed by atoms with Gasteiger partial charge in [0.2, 0.25) is 0 Å². The summed E-state index contributed by atoms with van der Waals surface area (Å²) in [6, 6.07) is 21.9. The molecule has 22 heavy (non-hydrogen) atoms. The molecule has 3 aromatic carbocycles. The molecule has 1 heterocycles. The van der Waals surface area contributed by atoms with Crippen molar-refractivity contribution in [2.45, 2.75) is 0 Å². The number of nitrogens with two attached hydrogens (primary N) is 2. The van der Waals surface area contributed by atoms with Gasteiger partial charge in [0.25, 0.3) is 0 Å². The van der Waals surface area contributed by atoms with E-state index in [9.17, 15) is 0 Å². The van der Waals surface area contributed by atoms with Gasteiger partial charge in [-0.15, -0.1) is 0 Å². The topological polar surface area (TPSA) is 64.9 Å². The van der Waals surface area contributed by atoms with Crippen molar-refractivity contribution < 1.29 is 0 Å². The van der Waals surface area contributed by atoms with Gasteiger partial charge in [-0.3, -0.25) is 0 Å². The summed E-state index contributed by atoms with van der Waals surface area (Å²) in [6.07, 6.45) is 0. The van der Waals surface area contributed by atoms with Crippen LogP contribution in [0.25, 0.3) is 32.9 Å². The monoisotopic (exact) mass is 285 g/mol. The third-order valence-corrected chi connectivity index (χ3v) is 3.88. The van der Waals surface area contributed by atoms with Crippen LogP contribution in [0.5, 0.6) is 0 Å². The van der Waals surface area contributed by atoms with Gasteiger partial charge in [-0.25, -0.2) is 4.98 Å². The van der Waals surface area contributed by atoms with Crippen molar-refractivity contribution in [3.8, 4) is 11.1 Å². The second-order valence-corrected chi connectivity index (χ2v) is 5.41. The predicted molar refractivity (Wildman–Crippen MR) is 93.5 cm³/mol. The zero-order valence-electron chi connectivity index (χ0n) is 12.0. The zero-order valence-corrected chi connectivity index (χ0v) is 12.0. The van der Waals surface area contributed by atoms with Gasteiger partial charge in [-0.2, -0.15) is 0 Å². The van der Waals surface area contributed by atoms with E-state index in [0.29, 0.717) is 0 Å². The molecule has 0 amide bonds. The van der Waals surface area contributed by atoms with Crippen molar-refractivity contribution in [2.24, 2.45) is 0 Å². The van der Waals surface area contributed by atoms with E-state index in [4.69, 9.17) is 16.5 Å². The van der Waals surface area contributed by atoms with E-state index in [0.717, 1.165) is 44.3 Å². The number of benzene rings is 3. The first-order valence-electron chi connectivity index (χ1n) is 7.16. The maximum Gasteiger partial charge on any atom is 0.0717 e. The Balaban J connectivity index is 2.24. The molecular weight excluding hydrogens is 270 g/mol. The minimum absolute atomic E-state index is 0.731. The van der Waals surface area contributed by atoms with Gasteiger partial charge in [0.15, 0.2) is 0 Å². The number of pyridine rings is 1. The first-order chi connectivity index (χ1) is 10.7. The van der Waals surface area contributed by atoms with Crippen LogP contribution in [0.4, 0.5) is 11.4 Å². The fraction of sp³-hybridized carbons (Fsp3) is 0. The first kappa shape index (κ1) is 12.7. The zero-order chi connectivity index (χ0) is 15.1. The molecule has 106 valence electrons. The Morgan fingerprint density at radius 2 is 1.18 bits per heavy atom. The van der Waals surface area contributed by atoms with Crippen molar-refractivity contribution in [3.63, 3.8) is 0 Å². The number of anilines is 2. The summed E-state index contributed by atoms with van der Waals surface area (Å²) >= 11 is 0. The van der Waals surface area contributed by atoms with Crippen LogP contribution >= 0.6 is 0 Å². The average molecular weight is 285 g/mol. The Labute approximate surface area is 128 Å². The summed E-state index contributed by atoms with van der Waals surface area (Å²) in [5, 5.41) is 2.09. The second-order valence-electron chi connectivity index (χ2n) is 5.41. The normalized spacial score (nSPS) is 11.1. The molecule has 0 aliphatic rings. The molecule has 0 unspecified atom stereocenters. The third-order valence-electron chi connectivity index (χ3n) is 3.88. The highest BCUT2D eigenvalue weighted by Crippen LogP contribution is 2.36. The molecule has 0 atom stereocenters. The summed E-state index contributed by atoms with van der Waals surface area (Å²) in [7, 11) is 0. The summed E-state index contributed by atoms with van der Waals surface area (Å²) in [5.74, 6) is 0. The fourth-order valence-electron chi connectivity index (χ4n) is 2.89. The predicted octanol–water partition coefficient (Wildman–Crippen LogP) is 4.22. The molecule has 1 aromatic heterocycles. The van der Waals surface area contributed by atoms with Gasteiger partial charge in [-0.1, -0.05) is 30.3 Å². The molecule has 4 N–H and O–H groups in total. The Hall–Kier alpha value is -3.07. The second kappa shape index (κ2) is 4.74. The Morgan fingerprint density at radius 3 is 1.73 bits per heavy atom. The lowest BCUT2D eigenvalue weighted by Gasteiger charge is -2.12. The SMILES string of the molecule is Nc1ccc2nc3ccc(N)cc3c(-c3ccccc3)c2c1. The highest BCUT2D eigenvalue weighted by atomic mass is 14.7. The Kier molecular flexibility index (Phi) is 2.73. The maximum absolute atomic E-state index is 5.99. The van der Waals surface area contributed by atoms with Crippen molar-refractivity contribution in [3.05, 3.63) is 66.7 Å². The van der Waals surface area contributed by atoms with Crippen LogP contribution in [0.2, 0.25) is 0 Å². The average Bonchev–Trinajstić information content (AvgIpc) is 2.54. The molecule has 0 aliphatic carbocycles. The quantitative estimate of drug-likeness (QED) is 0.406. The number of nitrogen functional groups attached to an aromatic ring is 2. The third kappa shape index (κ3) is 1.95. The van der Waals surface area contributed by atoms with E-state index >= 15 is 0 Å². The molecule has 4 rings (SSSR count). The summed E-state index contributed by atoms with van der Waals surface area (Å²) in [5.41, 5.74) is 17.6. The van der Waals surface area contributed by atoms with Crippen LogP contribution in [-0.2, 0) is 0 Å². The van der Waals surface area contributed by atoms with Crippen molar-refractivity contribution in [1.29, 1.82) is 0 Å². The molecule has 3 heteroatoms. The molecule has 0 spiro atoms. The minimum atomic E-state index is 0.731. The molecule has 0 bridgehead atoms. The van der Waals surface area contributed by atoms with Gasteiger partial charge >= 0.3 is 0 Å². The highest BCUT2D eigenvalue weighted by molar-refractivity contribution is 6.10. The maximum atomic E-state index is 5.99. The van der Waals surface area contributed by atoms with Crippen molar-refractivity contribution in [2.75, 3.05) is 11.5 Å². The van der Waals surface area contributed by atoms with Crippen LogP contribution in [0, 0.1) is 0 Å². The minimum Gasteiger partial charge on any atom is -0.399 e. The molecule has 0 saturated heterocycles. The highest BCUT2D eigenvalue weighted by Gasteiger charge is 2.11. The number of aromatic nitrogens is 1. The standard InChI is InChI=1S/C19H15N3/c20-13-6-8-17-15(10-13)19(12-4-2-1-3-5-12)16-11-14(21)7-9-18(16)22-17/h1-11H,20-21H2. The van der Waals surface area contributed by atoms with Crippen LogP contribution in [0.15, 0.2) is 66.7 Å². The first-order valence-corrected chi connectivity index (χ1v) is 7.16. The molecule has 3 nitrogen and oxygen atoms in total. The Bertz CT molecular complexity index is 932. The number of nitrogens with zero attached hydrogens (tertiary/aromatic N) is 1.